The van der Waals surface area contributed by atoms with Crippen LogP contribution in [0.3, 0.4) is 0 Å². The first-order valence-electron chi connectivity index (χ1n) is 10.9. The van der Waals surface area contributed by atoms with Crippen molar-refractivity contribution in [3.8, 4) is 0 Å². The topological polar surface area (TPSA) is 57.5 Å². The fourth-order valence-corrected chi connectivity index (χ4v) is 4.02. The Balaban J connectivity index is 0.00000320. The number of imidazole rings is 1. The molecular weight excluding hydrogens is 487 g/mol. The minimum atomic E-state index is 0. The van der Waals surface area contributed by atoms with E-state index in [-0.39, 0.29) is 24.0 Å². The minimum Gasteiger partial charge on any atom is -0.356 e. The van der Waals surface area contributed by atoms with Crippen LogP contribution in [0.15, 0.2) is 47.7 Å². The van der Waals surface area contributed by atoms with E-state index in [0.29, 0.717) is 12.1 Å². The van der Waals surface area contributed by atoms with E-state index in [1.54, 1.807) is 0 Å². The number of halogens is 1. The molecule has 1 aromatic carbocycles. The molecule has 0 amide bonds. The molecule has 0 saturated carbocycles. The maximum Gasteiger partial charge on any atom is 0.191 e. The Hall–Kier alpha value is -1.61. The lowest BCUT2D eigenvalue weighted by molar-refractivity contribution is 0.158. The van der Waals surface area contributed by atoms with Crippen LogP contribution in [-0.2, 0) is 6.54 Å². The molecule has 0 bridgehead atoms. The van der Waals surface area contributed by atoms with E-state index in [9.17, 15) is 0 Å². The fraction of sp³-hybridized carbons (Fsp3) is 0.565. The number of hydrogen-bond acceptors (Lipinski definition) is 3. The predicted octanol–water partition coefficient (Wildman–Crippen LogP) is 3.98. The molecule has 166 valence electrons. The quantitative estimate of drug-likeness (QED) is 0.238. The summed E-state index contributed by atoms with van der Waals surface area (Å²) in [6.07, 6.45) is 8.47. The van der Waals surface area contributed by atoms with Crippen molar-refractivity contribution < 1.29 is 0 Å². The molecule has 0 radical (unpaired) electrons. The van der Waals surface area contributed by atoms with Gasteiger partial charge in [-0.1, -0.05) is 30.3 Å². The van der Waals surface area contributed by atoms with E-state index in [0.717, 1.165) is 63.6 Å². The zero-order chi connectivity index (χ0) is 20.5. The number of piperidine rings is 1. The molecule has 1 aliphatic rings. The lowest BCUT2D eigenvalue weighted by Gasteiger charge is -2.37. The van der Waals surface area contributed by atoms with Crippen molar-refractivity contribution in [2.24, 2.45) is 4.99 Å². The number of likely N-dealkylation sites (tertiary alicyclic amines) is 1. The van der Waals surface area contributed by atoms with Crippen LogP contribution in [0.25, 0.3) is 0 Å². The summed E-state index contributed by atoms with van der Waals surface area (Å²) in [5.41, 5.74) is 1.40. The van der Waals surface area contributed by atoms with Crippen molar-refractivity contribution in [3.63, 3.8) is 0 Å². The summed E-state index contributed by atoms with van der Waals surface area (Å²) in [4.78, 5) is 11.3. The van der Waals surface area contributed by atoms with Gasteiger partial charge in [0.1, 0.15) is 5.82 Å². The summed E-state index contributed by atoms with van der Waals surface area (Å²) < 4.78 is 2.21. The van der Waals surface area contributed by atoms with Crippen molar-refractivity contribution in [1.29, 1.82) is 0 Å². The third-order valence-electron chi connectivity index (χ3n) is 5.97. The van der Waals surface area contributed by atoms with Crippen LogP contribution in [0.2, 0.25) is 0 Å². The molecule has 1 unspecified atom stereocenters. The van der Waals surface area contributed by atoms with Gasteiger partial charge in [0.25, 0.3) is 0 Å². The second-order valence-electron chi connectivity index (χ2n) is 7.92. The van der Waals surface area contributed by atoms with E-state index in [2.05, 4.69) is 74.3 Å². The largest absolute Gasteiger partial charge is 0.356 e. The number of nitrogens with one attached hydrogen (secondary N) is 2. The molecular formula is C23H37IN6. The van der Waals surface area contributed by atoms with Gasteiger partial charge in [0.15, 0.2) is 5.96 Å². The summed E-state index contributed by atoms with van der Waals surface area (Å²) in [7, 11) is 1.86. The van der Waals surface area contributed by atoms with Gasteiger partial charge in [0.05, 0.1) is 0 Å². The Morgan fingerprint density at radius 3 is 2.57 bits per heavy atom. The average molecular weight is 524 g/mol. The monoisotopic (exact) mass is 524 g/mol. The summed E-state index contributed by atoms with van der Waals surface area (Å²) in [6, 6.07) is 11.8. The summed E-state index contributed by atoms with van der Waals surface area (Å²) in [6.45, 7) is 8.57. The van der Waals surface area contributed by atoms with Gasteiger partial charge >= 0.3 is 0 Å². The highest BCUT2D eigenvalue weighted by atomic mass is 127. The predicted molar refractivity (Wildman–Crippen MR) is 136 cm³/mol. The second-order valence-corrected chi connectivity index (χ2v) is 7.92. The molecule has 6 nitrogen and oxygen atoms in total. The Kier molecular flexibility index (Phi) is 10.6. The molecule has 1 aromatic heterocycles. The number of aryl methyl sites for hydroxylation is 2. The van der Waals surface area contributed by atoms with Gasteiger partial charge in [-0.05, 0) is 45.1 Å². The smallest absolute Gasteiger partial charge is 0.191 e. The van der Waals surface area contributed by atoms with Crippen LogP contribution >= 0.6 is 24.0 Å². The Morgan fingerprint density at radius 2 is 1.93 bits per heavy atom. The highest BCUT2D eigenvalue weighted by Gasteiger charge is 2.23. The number of unbranched alkanes of at least 4 members (excludes halogenated alkanes) is 1. The molecule has 1 saturated heterocycles. The Morgan fingerprint density at radius 1 is 1.20 bits per heavy atom. The maximum atomic E-state index is 4.41. The van der Waals surface area contributed by atoms with Crippen LogP contribution in [-0.4, -0.2) is 53.1 Å². The number of rotatable bonds is 8. The first-order valence-corrected chi connectivity index (χ1v) is 10.9. The van der Waals surface area contributed by atoms with Crippen molar-refractivity contribution in [3.05, 3.63) is 54.1 Å². The van der Waals surface area contributed by atoms with Gasteiger partial charge in [-0.15, -0.1) is 24.0 Å². The molecule has 2 heterocycles. The second kappa shape index (κ2) is 12.9. The van der Waals surface area contributed by atoms with Crippen LogP contribution in [0, 0.1) is 6.92 Å². The van der Waals surface area contributed by atoms with Gasteiger partial charge in [-0.3, -0.25) is 9.89 Å². The zero-order valence-electron chi connectivity index (χ0n) is 18.6. The van der Waals surface area contributed by atoms with E-state index < -0.39 is 0 Å². The van der Waals surface area contributed by atoms with Gasteiger partial charge in [-0.25, -0.2) is 4.98 Å². The van der Waals surface area contributed by atoms with Crippen molar-refractivity contribution in [2.45, 2.75) is 58.2 Å². The molecule has 30 heavy (non-hydrogen) atoms. The van der Waals surface area contributed by atoms with Crippen LogP contribution in [0.5, 0.6) is 0 Å². The third-order valence-corrected chi connectivity index (χ3v) is 5.97. The van der Waals surface area contributed by atoms with Crippen molar-refractivity contribution in [2.75, 3.05) is 26.7 Å². The maximum absolute atomic E-state index is 4.41. The Bertz CT molecular complexity index is 752. The third kappa shape index (κ3) is 7.27. The number of aromatic nitrogens is 2. The van der Waals surface area contributed by atoms with Crippen LogP contribution in [0.4, 0.5) is 0 Å². The fourth-order valence-electron chi connectivity index (χ4n) is 4.02. The number of hydrogen-bond donors (Lipinski definition) is 2. The van der Waals surface area contributed by atoms with E-state index in [1.165, 1.54) is 5.56 Å². The van der Waals surface area contributed by atoms with E-state index in [1.807, 2.05) is 19.4 Å². The number of nitrogens with zero attached hydrogens (tertiary/aromatic N) is 4. The first-order chi connectivity index (χ1) is 14.2. The highest BCUT2D eigenvalue weighted by Crippen LogP contribution is 2.23. The van der Waals surface area contributed by atoms with Gasteiger partial charge in [0, 0.05) is 57.7 Å². The molecule has 2 N–H and O–H groups in total. The lowest BCUT2D eigenvalue weighted by atomic mass is 10.0. The van der Waals surface area contributed by atoms with Gasteiger partial charge < -0.3 is 15.2 Å². The first kappa shape index (κ1) is 24.7. The normalized spacial score (nSPS) is 16.7. The lowest BCUT2D eigenvalue weighted by Crippen LogP contribution is -2.49. The molecule has 0 aliphatic carbocycles. The highest BCUT2D eigenvalue weighted by molar-refractivity contribution is 14.0. The molecule has 2 aromatic rings. The number of benzene rings is 1. The van der Waals surface area contributed by atoms with Crippen molar-refractivity contribution in [1.82, 2.24) is 25.1 Å². The van der Waals surface area contributed by atoms with Gasteiger partial charge in [0.2, 0.25) is 0 Å². The molecule has 0 spiro atoms. The molecule has 3 rings (SSSR count). The van der Waals surface area contributed by atoms with Gasteiger partial charge in [-0.2, -0.15) is 0 Å². The zero-order valence-corrected chi connectivity index (χ0v) is 20.9. The Labute approximate surface area is 198 Å². The van der Waals surface area contributed by atoms with E-state index in [4.69, 9.17) is 0 Å². The summed E-state index contributed by atoms with van der Waals surface area (Å²) in [5, 5.41) is 7.09. The molecule has 1 atom stereocenters. The number of aliphatic imine (C=N–C) groups is 1. The molecule has 7 heteroatoms. The van der Waals surface area contributed by atoms with Crippen LogP contribution in [0.1, 0.15) is 50.0 Å². The minimum absolute atomic E-state index is 0. The summed E-state index contributed by atoms with van der Waals surface area (Å²) in [5.74, 6) is 2.02. The molecule has 1 fully saturated rings. The SMILES string of the molecule is CN=C(NCCCCn1ccnc1C)NC1CCN(C(C)c2ccccc2)CC1.I. The van der Waals surface area contributed by atoms with Crippen molar-refractivity contribution >= 4 is 29.9 Å². The average Bonchev–Trinajstić information content (AvgIpc) is 3.18. The molecule has 1 aliphatic heterocycles. The van der Waals surface area contributed by atoms with E-state index >= 15 is 0 Å². The van der Waals surface area contributed by atoms with Crippen LogP contribution < -0.4 is 10.6 Å². The number of guanidine groups is 1. The summed E-state index contributed by atoms with van der Waals surface area (Å²) >= 11 is 0. The standard InChI is InChI=1S/C23H36N6.HI/c1-19(21-9-5-4-6-10-21)28-16-11-22(12-17-28)27-23(24-3)26-13-7-8-15-29-18-14-25-20(29)2;/h4-6,9-10,14,18-19,22H,7-8,11-13,15-17H2,1-3H3,(H2,24,26,27);1H.